The van der Waals surface area contributed by atoms with Crippen molar-refractivity contribution in [3.8, 4) is 5.88 Å². The Morgan fingerprint density at radius 3 is 2.33 bits per heavy atom. The maximum atomic E-state index is 12.3. The normalized spacial score (nSPS) is 12.1. The molecule has 0 aliphatic rings. The molecule has 118 valence electrons. The number of pyridine rings is 1. The number of nitrogen functional groups attached to an aromatic ring is 1. The Bertz CT molecular complexity index is 690. The number of carbonyl (C=O) groups excluding carboxylic acids is 1. The minimum atomic E-state index is -5.97. The van der Waals surface area contributed by atoms with Gasteiger partial charge in [-0.3, -0.25) is 0 Å². The highest BCUT2D eigenvalue weighted by atomic mass is 79.9. The average Bonchev–Trinajstić information content (AvgIpc) is 2.37. The third-order valence-corrected chi connectivity index (χ3v) is 4.18. The van der Waals surface area contributed by atoms with Crippen molar-refractivity contribution >= 4 is 37.7 Å². The summed E-state index contributed by atoms with van der Waals surface area (Å²) in [6.07, 6.45) is 0. The number of ether oxygens (including phenoxy) is 1. The fraction of sp³-hybridized carbons (Fsp3) is 0.333. The molecular formula is C9H8BrF3N2O5S. The summed E-state index contributed by atoms with van der Waals surface area (Å²) in [6, 6.07) is 0. The van der Waals surface area contributed by atoms with Crippen molar-refractivity contribution in [1.82, 2.24) is 4.98 Å². The van der Waals surface area contributed by atoms with E-state index >= 15 is 0 Å². The third-order valence-electron chi connectivity index (χ3n) is 2.22. The van der Waals surface area contributed by atoms with Gasteiger partial charge in [0.15, 0.2) is 5.69 Å². The quantitative estimate of drug-likeness (QED) is 0.474. The summed E-state index contributed by atoms with van der Waals surface area (Å²) in [5.74, 6) is -2.08. The molecule has 0 atom stereocenters. The number of rotatable bonds is 3. The average molecular weight is 393 g/mol. The van der Waals surface area contributed by atoms with E-state index in [1.165, 1.54) is 6.92 Å². The van der Waals surface area contributed by atoms with Gasteiger partial charge in [0.2, 0.25) is 0 Å². The Kier molecular flexibility index (Phi) is 4.73. The van der Waals surface area contributed by atoms with Crippen LogP contribution in [0, 0.1) is 6.92 Å². The van der Waals surface area contributed by atoms with E-state index < -0.39 is 38.9 Å². The highest BCUT2D eigenvalue weighted by molar-refractivity contribution is 9.10. The number of nitrogens with two attached hydrogens (primary N) is 1. The zero-order chi connectivity index (χ0) is 16.6. The number of aromatic nitrogens is 1. The van der Waals surface area contributed by atoms with Crippen LogP contribution >= 0.6 is 15.9 Å². The number of methoxy groups -OCH3 is 1. The van der Waals surface area contributed by atoms with E-state index in [4.69, 9.17) is 5.73 Å². The number of hydrogen-bond acceptors (Lipinski definition) is 7. The van der Waals surface area contributed by atoms with E-state index in [1.54, 1.807) is 0 Å². The molecule has 0 aliphatic carbocycles. The van der Waals surface area contributed by atoms with E-state index in [-0.39, 0.29) is 10.0 Å². The van der Waals surface area contributed by atoms with Crippen LogP contribution in [0.25, 0.3) is 0 Å². The first-order valence-electron chi connectivity index (χ1n) is 4.97. The van der Waals surface area contributed by atoms with Crippen molar-refractivity contribution in [2.45, 2.75) is 12.4 Å². The molecule has 1 aromatic rings. The van der Waals surface area contributed by atoms with Crippen LogP contribution in [0.2, 0.25) is 0 Å². The van der Waals surface area contributed by atoms with Crippen molar-refractivity contribution < 1.29 is 35.3 Å². The van der Waals surface area contributed by atoms with Crippen molar-refractivity contribution in [3.63, 3.8) is 0 Å². The second kappa shape index (κ2) is 5.67. The van der Waals surface area contributed by atoms with Crippen LogP contribution in [0.4, 0.5) is 18.9 Å². The topological polar surface area (TPSA) is 109 Å². The van der Waals surface area contributed by atoms with Gasteiger partial charge in [-0.15, -0.1) is 0 Å². The maximum absolute atomic E-state index is 12.3. The lowest BCUT2D eigenvalue weighted by Crippen LogP contribution is -2.29. The summed E-state index contributed by atoms with van der Waals surface area (Å²) in [5.41, 5.74) is -1.03. The third kappa shape index (κ3) is 3.37. The molecule has 0 saturated carbocycles. The summed E-state index contributed by atoms with van der Waals surface area (Å²) in [7, 11) is -4.95. The molecule has 1 heterocycles. The number of esters is 1. The maximum Gasteiger partial charge on any atom is 0.534 e. The minimum absolute atomic E-state index is 0.0368. The summed E-state index contributed by atoms with van der Waals surface area (Å²) < 4.78 is 66.9. The number of anilines is 1. The fourth-order valence-electron chi connectivity index (χ4n) is 1.16. The highest BCUT2D eigenvalue weighted by Gasteiger charge is 2.49. The van der Waals surface area contributed by atoms with Crippen LogP contribution in [0.3, 0.4) is 0 Å². The Labute approximate surface area is 125 Å². The molecule has 0 amide bonds. The van der Waals surface area contributed by atoms with Crippen molar-refractivity contribution in [2.75, 3.05) is 12.8 Å². The minimum Gasteiger partial charge on any atom is -0.464 e. The molecule has 1 aromatic heterocycles. The van der Waals surface area contributed by atoms with Gasteiger partial charge in [0.1, 0.15) is 5.69 Å². The molecule has 12 heteroatoms. The molecule has 1 rings (SSSR count). The first-order chi connectivity index (χ1) is 9.42. The predicted molar refractivity (Wildman–Crippen MR) is 68.0 cm³/mol. The summed E-state index contributed by atoms with van der Waals surface area (Å²) >= 11 is 2.91. The molecule has 0 aromatic carbocycles. The van der Waals surface area contributed by atoms with E-state index in [1.807, 2.05) is 0 Å². The largest absolute Gasteiger partial charge is 0.534 e. The van der Waals surface area contributed by atoms with Crippen LogP contribution in [0.15, 0.2) is 4.47 Å². The molecule has 0 unspecified atom stereocenters. The number of alkyl halides is 3. The molecule has 0 bridgehead atoms. The number of hydrogen-bond donors (Lipinski definition) is 1. The molecule has 7 nitrogen and oxygen atoms in total. The van der Waals surface area contributed by atoms with Crippen LogP contribution in [0.1, 0.15) is 16.1 Å². The standard InChI is InChI=1S/C9H8BrF3N2O5S/c1-3-4(10)5(14)7(15-6(3)8(16)19-2)20-21(17,18)9(11,12)13/h14H2,1-2H3. The zero-order valence-corrected chi connectivity index (χ0v) is 12.9. The number of halogens is 4. The second-order valence-electron chi connectivity index (χ2n) is 3.59. The molecular weight excluding hydrogens is 385 g/mol. The smallest absolute Gasteiger partial charge is 0.464 e. The van der Waals surface area contributed by atoms with Crippen molar-refractivity contribution in [3.05, 3.63) is 15.7 Å². The molecule has 0 spiro atoms. The Morgan fingerprint density at radius 1 is 1.38 bits per heavy atom. The predicted octanol–water partition coefficient (Wildman–Crippen LogP) is 1.75. The summed E-state index contributed by atoms with van der Waals surface area (Å²) in [4.78, 5) is 14.8. The Hall–Kier alpha value is -1.56. The van der Waals surface area contributed by atoms with Crippen molar-refractivity contribution in [1.29, 1.82) is 0 Å². The molecule has 0 fully saturated rings. The van der Waals surface area contributed by atoms with Gasteiger partial charge in [0.05, 0.1) is 11.6 Å². The summed E-state index contributed by atoms with van der Waals surface area (Å²) in [5, 5.41) is 0. The van der Waals surface area contributed by atoms with Crippen LogP contribution in [-0.4, -0.2) is 32.0 Å². The molecule has 2 N–H and O–H groups in total. The van der Waals surface area contributed by atoms with Gasteiger partial charge < -0.3 is 14.7 Å². The lowest BCUT2D eigenvalue weighted by Gasteiger charge is -2.14. The lowest BCUT2D eigenvalue weighted by molar-refractivity contribution is -0.0501. The van der Waals surface area contributed by atoms with E-state index in [9.17, 15) is 26.4 Å². The van der Waals surface area contributed by atoms with Gasteiger partial charge in [0, 0.05) is 0 Å². The SMILES string of the molecule is COC(=O)c1nc(OS(=O)(=O)C(F)(F)F)c(N)c(Br)c1C. The van der Waals surface area contributed by atoms with Gasteiger partial charge in [-0.25, -0.2) is 9.78 Å². The first-order valence-corrected chi connectivity index (χ1v) is 7.17. The van der Waals surface area contributed by atoms with Crippen LogP contribution in [-0.2, 0) is 14.9 Å². The molecule has 0 aliphatic heterocycles. The monoisotopic (exact) mass is 392 g/mol. The van der Waals surface area contributed by atoms with E-state index in [0.29, 0.717) is 0 Å². The van der Waals surface area contributed by atoms with Gasteiger partial charge in [-0.1, -0.05) is 0 Å². The number of carbonyl (C=O) groups is 1. The van der Waals surface area contributed by atoms with Crippen LogP contribution in [0.5, 0.6) is 5.88 Å². The zero-order valence-electron chi connectivity index (χ0n) is 10.5. The van der Waals surface area contributed by atoms with E-state index in [2.05, 4.69) is 29.8 Å². The van der Waals surface area contributed by atoms with Gasteiger partial charge in [-0.05, 0) is 28.4 Å². The Morgan fingerprint density at radius 2 is 1.90 bits per heavy atom. The van der Waals surface area contributed by atoms with Crippen molar-refractivity contribution in [2.24, 2.45) is 0 Å². The van der Waals surface area contributed by atoms with Gasteiger partial charge in [-0.2, -0.15) is 21.6 Å². The first kappa shape index (κ1) is 17.5. The highest BCUT2D eigenvalue weighted by Crippen LogP contribution is 2.35. The molecule has 21 heavy (non-hydrogen) atoms. The van der Waals surface area contributed by atoms with Gasteiger partial charge >= 0.3 is 21.6 Å². The van der Waals surface area contributed by atoms with Crippen LogP contribution < -0.4 is 9.92 Å². The fourth-order valence-corrected chi connectivity index (χ4v) is 1.94. The molecule has 0 saturated heterocycles. The Balaban J connectivity index is 3.46. The van der Waals surface area contributed by atoms with E-state index in [0.717, 1.165) is 7.11 Å². The summed E-state index contributed by atoms with van der Waals surface area (Å²) in [6.45, 7) is 1.38. The molecule has 0 radical (unpaired) electrons. The second-order valence-corrected chi connectivity index (χ2v) is 5.92. The van der Waals surface area contributed by atoms with Gasteiger partial charge in [0.25, 0.3) is 5.88 Å². The number of nitrogens with zero attached hydrogens (tertiary/aromatic N) is 1. The lowest BCUT2D eigenvalue weighted by atomic mass is 10.2.